The average Bonchev–Trinajstić information content (AvgIpc) is 2.73. The molecule has 0 aliphatic carbocycles. The Morgan fingerprint density at radius 3 is 2.54 bits per heavy atom. The standard InChI is InChI=1S/C22H19FN4O/c1-27-20-18(12-17(21(27)28)11-15-7-9-19(23)10-8-15)14-25-22(26-20)24-13-16-5-3-2-4-6-16/h2-10,12,14H,11,13H2,1H3,(H,24,25,26). The van der Waals surface area contributed by atoms with Crippen LogP contribution >= 0.6 is 0 Å². The van der Waals surface area contributed by atoms with Gasteiger partial charge in [-0.1, -0.05) is 42.5 Å². The highest BCUT2D eigenvalue weighted by atomic mass is 19.1. The van der Waals surface area contributed by atoms with Crippen LogP contribution in [0.4, 0.5) is 10.3 Å². The number of rotatable bonds is 5. The first kappa shape index (κ1) is 17.9. The molecule has 5 nitrogen and oxygen atoms in total. The third-order valence-electron chi connectivity index (χ3n) is 4.62. The van der Waals surface area contributed by atoms with E-state index in [0.717, 1.165) is 16.5 Å². The van der Waals surface area contributed by atoms with Crippen molar-refractivity contribution in [3.63, 3.8) is 0 Å². The maximum atomic E-state index is 13.1. The molecule has 1 N–H and O–H groups in total. The molecule has 0 saturated carbocycles. The van der Waals surface area contributed by atoms with Gasteiger partial charge in [-0.3, -0.25) is 9.36 Å². The SMILES string of the molecule is Cn1c(=O)c(Cc2ccc(F)cc2)cc2cnc(NCc3ccccc3)nc21. The van der Waals surface area contributed by atoms with E-state index in [0.29, 0.717) is 30.1 Å². The maximum Gasteiger partial charge on any atom is 0.255 e. The normalized spacial score (nSPS) is 10.9. The van der Waals surface area contributed by atoms with Gasteiger partial charge in [0.05, 0.1) is 0 Å². The van der Waals surface area contributed by atoms with E-state index in [1.807, 2.05) is 36.4 Å². The Bertz CT molecular complexity index is 1170. The van der Waals surface area contributed by atoms with Gasteiger partial charge in [-0.25, -0.2) is 9.37 Å². The Kier molecular flexibility index (Phi) is 4.85. The Morgan fingerprint density at radius 1 is 1.04 bits per heavy atom. The number of pyridine rings is 1. The van der Waals surface area contributed by atoms with E-state index in [1.54, 1.807) is 25.4 Å². The van der Waals surface area contributed by atoms with E-state index < -0.39 is 0 Å². The minimum atomic E-state index is -0.293. The fraction of sp³-hybridized carbons (Fsp3) is 0.136. The van der Waals surface area contributed by atoms with Crippen molar-refractivity contribution in [1.29, 1.82) is 0 Å². The van der Waals surface area contributed by atoms with Gasteiger partial charge < -0.3 is 5.32 Å². The minimum Gasteiger partial charge on any atom is -0.350 e. The van der Waals surface area contributed by atoms with Crippen LogP contribution in [0.25, 0.3) is 11.0 Å². The molecule has 0 fully saturated rings. The molecule has 0 aliphatic heterocycles. The fourth-order valence-corrected chi connectivity index (χ4v) is 3.12. The van der Waals surface area contributed by atoms with Crippen LogP contribution < -0.4 is 10.9 Å². The molecule has 0 amide bonds. The molecule has 140 valence electrons. The molecule has 2 heterocycles. The lowest BCUT2D eigenvalue weighted by Gasteiger charge is -2.10. The molecule has 2 aromatic heterocycles. The lowest BCUT2D eigenvalue weighted by molar-refractivity contribution is 0.627. The van der Waals surface area contributed by atoms with Crippen molar-refractivity contribution >= 4 is 17.0 Å². The molecule has 0 atom stereocenters. The second-order valence-corrected chi connectivity index (χ2v) is 6.65. The second-order valence-electron chi connectivity index (χ2n) is 6.65. The first-order chi connectivity index (χ1) is 13.6. The molecule has 0 spiro atoms. The molecule has 0 unspecified atom stereocenters. The Hall–Kier alpha value is -3.54. The number of hydrogen-bond acceptors (Lipinski definition) is 4. The van der Waals surface area contributed by atoms with Gasteiger partial charge in [0, 0.05) is 37.2 Å². The first-order valence-electron chi connectivity index (χ1n) is 8.98. The largest absolute Gasteiger partial charge is 0.350 e. The van der Waals surface area contributed by atoms with E-state index in [1.165, 1.54) is 16.7 Å². The summed E-state index contributed by atoms with van der Waals surface area (Å²) in [6.07, 6.45) is 2.14. The molecule has 2 aromatic carbocycles. The van der Waals surface area contributed by atoms with Gasteiger partial charge in [-0.2, -0.15) is 4.98 Å². The highest BCUT2D eigenvalue weighted by molar-refractivity contribution is 5.76. The summed E-state index contributed by atoms with van der Waals surface area (Å²) in [4.78, 5) is 21.6. The van der Waals surface area contributed by atoms with Gasteiger partial charge in [-0.15, -0.1) is 0 Å². The van der Waals surface area contributed by atoms with Crippen molar-refractivity contribution in [2.75, 3.05) is 5.32 Å². The van der Waals surface area contributed by atoms with Crippen molar-refractivity contribution in [3.05, 3.63) is 99.7 Å². The van der Waals surface area contributed by atoms with Gasteiger partial charge in [-0.05, 0) is 29.3 Å². The average molecular weight is 374 g/mol. The van der Waals surface area contributed by atoms with Crippen LogP contribution in [-0.4, -0.2) is 14.5 Å². The van der Waals surface area contributed by atoms with Crippen molar-refractivity contribution < 1.29 is 4.39 Å². The summed E-state index contributed by atoms with van der Waals surface area (Å²) < 4.78 is 14.6. The summed E-state index contributed by atoms with van der Waals surface area (Å²) in [6, 6.07) is 17.9. The van der Waals surface area contributed by atoms with Crippen LogP contribution in [0.2, 0.25) is 0 Å². The number of anilines is 1. The van der Waals surface area contributed by atoms with Crippen LogP contribution in [0.3, 0.4) is 0 Å². The fourth-order valence-electron chi connectivity index (χ4n) is 3.12. The number of aryl methyl sites for hydroxylation is 1. The third-order valence-corrected chi connectivity index (χ3v) is 4.62. The van der Waals surface area contributed by atoms with E-state index in [2.05, 4.69) is 15.3 Å². The highest BCUT2D eigenvalue weighted by Gasteiger charge is 2.10. The van der Waals surface area contributed by atoms with E-state index in [4.69, 9.17) is 0 Å². The lowest BCUT2D eigenvalue weighted by atomic mass is 10.1. The quantitative estimate of drug-likeness (QED) is 0.579. The zero-order valence-electron chi connectivity index (χ0n) is 15.4. The molecule has 0 bridgehead atoms. The van der Waals surface area contributed by atoms with Crippen molar-refractivity contribution in [2.45, 2.75) is 13.0 Å². The van der Waals surface area contributed by atoms with Gasteiger partial charge in [0.25, 0.3) is 5.56 Å². The molecule has 4 rings (SSSR count). The predicted octanol–water partition coefficient (Wildman–Crippen LogP) is 3.67. The molecule has 0 aliphatic rings. The van der Waals surface area contributed by atoms with Crippen LogP contribution in [0.5, 0.6) is 0 Å². The molecule has 0 saturated heterocycles. The van der Waals surface area contributed by atoms with E-state index in [9.17, 15) is 9.18 Å². The first-order valence-corrected chi connectivity index (χ1v) is 8.98. The number of halogens is 1. The Labute approximate surface area is 161 Å². The van der Waals surface area contributed by atoms with Crippen LogP contribution in [0.1, 0.15) is 16.7 Å². The number of fused-ring (bicyclic) bond motifs is 1. The Morgan fingerprint density at radius 2 is 1.79 bits per heavy atom. The van der Waals surface area contributed by atoms with Gasteiger partial charge in [0.15, 0.2) is 0 Å². The molecular formula is C22H19FN4O. The maximum absolute atomic E-state index is 13.1. The number of nitrogens with zero attached hydrogens (tertiary/aromatic N) is 3. The zero-order valence-corrected chi connectivity index (χ0v) is 15.4. The summed E-state index contributed by atoms with van der Waals surface area (Å²) >= 11 is 0. The summed E-state index contributed by atoms with van der Waals surface area (Å²) in [5.41, 5.74) is 3.06. The molecular weight excluding hydrogens is 355 g/mol. The molecule has 6 heteroatoms. The molecule has 0 radical (unpaired) electrons. The third kappa shape index (κ3) is 3.76. The highest BCUT2D eigenvalue weighted by Crippen LogP contribution is 2.15. The topological polar surface area (TPSA) is 59.8 Å². The van der Waals surface area contributed by atoms with Crippen molar-refractivity contribution in [3.8, 4) is 0 Å². The van der Waals surface area contributed by atoms with Crippen LogP contribution in [0.15, 0.2) is 71.7 Å². The zero-order chi connectivity index (χ0) is 19.5. The van der Waals surface area contributed by atoms with Gasteiger partial charge >= 0.3 is 0 Å². The van der Waals surface area contributed by atoms with Gasteiger partial charge in [0.2, 0.25) is 5.95 Å². The number of benzene rings is 2. The summed E-state index contributed by atoms with van der Waals surface area (Å²) in [6.45, 7) is 0.600. The lowest BCUT2D eigenvalue weighted by Crippen LogP contribution is -2.22. The predicted molar refractivity (Wildman–Crippen MR) is 108 cm³/mol. The van der Waals surface area contributed by atoms with Crippen molar-refractivity contribution in [1.82, 2.24) is 14.5 Å². The van der Waals surface area contributed by atoms with Crippen LogP contribution in [0, 0.1) is 5.82 Å². The van der Waals surface area contributed by atoms with E-state index in [-0.39, 0.29) is 11.4 Å². The number of hydrogen-bond donors (Lipinski definition) is 1. The monoisotopic (exact) mass is 374 g/mol. The number of aromatic nitrogens is 3. The molecule has 4 aromatic rings. The molecule has 28 heavy (non-hydrogen) atoms. The minimum absolute atomic E-state index is 0.121. The summed E-state index contributed by atoms with van der Waals surface area (Å²) in [7, 11) is 1.70. The van der Waals surface area contributed by atoms with E-state index >= 15 is 0 Å². The Balaban J connectivity index is 1.62. The van der Waals surface area contributed by atoms with Crippen LogP contribution in [-0.2, 0) is 20.0 Å². The summed E-state index contributed by atoms with van der Waals surface area (Å²) in [5.74, 6) is 0.178. The van der Waals surface area contributed by atoms with Crippen molar-refractivity contribution in [2.24, 2.45) is 7.05 Å². The summed E-state index contributed by atoms with van der Waals surface area (Å²) in [5, 5.41) is 3.97. The smallest absolute Gasteiger partial charge is 0.255 e. The van der Waals surface area contributed by atoms with Gasteiger partial charge in [0.1, 0.15) is 11.5 Å². The second kappa shape index (κ2) is 7.60. The number of nitrogens with one attached hydrogen (secondary N) is 1.